The molecule has 0 radical (unpaired) electrons. The smallest absolute Gasteiger partial charge is 0.248 e. The van der Waals surface area contributed by atoms with E-state index >= 15 is 0 Å². The molecule has 0 aliphatic carbocycles. The fraction of sp³-hybridized carbons (Fsp3) is 0.258. The van der Waals surface area contributed by atoms with Gasteiger partial charge in [-0.3, -0.25) is 9.69 Å². The van der Waals surface area contributed by atoms with Gasteiger partial charge >= 0.3 is 0 Å². The van der Waals surface area contributed by atoms with E-state index in [-0.39, 0.29) is 5.92 Å². The van der Waals surface area contributed by atoms with Crippen molar-refractivity contribution >= 4 is 17.2 Å². The second kappa shape index (κ2) is 13.1. The standard InChI is InChI=1S/C31H34N2O3S/c1-23-16-19-37-30(23)22-33(17-9-18-36-28-15-14-26(31(32)34)20-29(28)35-2)21-27(24-10-5-3-6-11-24)25-12-7-4-8-13-25/h3-8,10-16,19-20,27H,9,17-18,21-22H2,1-2H3,(H2,32,34). The molecule has 5 nitrogen and oxygen atoms in total. The van der Waals surface area contributed by atoms with Crippen LogP contribution < -0.4 is 15.2 Å². The zero-order chi connectivity index (χ0) is 26.0. The van der Waals surface area contributed by atoms with Gasteiger partial charge in [0.25, 0.3) is 0 Å². The Balaban J connectivity index is 1.47. The minimum atomic E-state index is -0.490. The quantitative estimate of drug-likeness (QED) is 0.214. The van der Waals surface area contributed by atoms with Gasteiger partial charge in [-0.1, -0.05) is 60.7 Å². The molecule has 3 aromatic carbocycles. The molecule has 0 bridgehead atoms. The monoisotopic (exact) mass is 514 g/mol. The Morgan fingerprint density at radius 3 is 2.19 bits per heavy atom. The highest BCUT2D eigenvalue weighted by Gasteiger charge is 2.19. The average molecular weight is 515 g/mol. The summed E-state index contributed by atoms with van der Waals surface area (Å²) >= 11 is 1.81. The van der Waals surface area contributed by atoms with Gasteiger partial charge in [-0.15, -0.1) is 11.3 Å². The molecule has 0 aliphatic heterocycles. The van der Waals surface area contributed by atoms with Gasteiger partial charge < -0.3 is 15.2 Å². The van der Waals surface area contributed by atoms with Gasteiger partial charge in [-0.25, -0.2) is 0 Å². The van der Waals surface area contributed by atoms with Gasteiger partial charge in [0.1, 0.15) is 0 Å². The van der Waals surface area contributed by atoms with Crippen molar-refractivity contribution in [1.29, 1.82) is 0 Å². The van der Waals surface area contributed by atoms with Crippen molar-refractivity contribution in [3.63, 3.8) is 0 Å². The van der Waals surface area contributed by atoms with Crippen molar-refractivity contribution in [3.05, 3.63) is 117 Å². The highest BCUT2D eigenvalue weighted by molar-refractivity contribution is 7.10. The van der Waals surface area contributed by atoms with Crippen LogP contribution in [0.3, 0.4) is 0 Å². The number of nitrogens with zero attached hydrogens (tertiary/aromatic N) is 1. The Morgan fingerprint density at radius 2 is 1.62 bits per heavy atom. The zero-order valence-corrected chi connectivity index (χ0v) is 22.2. The summed E-state index contributed by atoms with van der Waals surface area (Å²) in [5.74, 6) is 0.899. The Kier molecular flexibility index (Phi) is 9.35. The molecule has 0 fully saturated rings. The number of aryl methyl sites for hydroxylation is 1. The third kappa shape index (κ3) is 7.21. The number of rotatable bonds is 13. The van der Waals surface area contributed by atoms with Crippen LogP contribution in [0.5, 0.6) is 11.5 Å². The number of methoxy groups -OCH3 is 1. The molecule has 37 heavy (non-hydrogen) atoms. The highest BCUT2D eigenvalue weighted by Crippen LogP contribution is 2.29. The molecule has 4 rings (SSSR count). The van der Waals surface area contributed by atoms with E-state index in [9.17, 15) is 4.79 Å². The molecule has 1 heterocycles. The van der Waals surface area contributed by atoms with Crippen molar-refractivity contribution in [1.82, 2.24) is 4.90 Å². The largest absolute Gasteiger partial charge is 0.493 e. The highest BCUT2D eigenvalue weighted by atomic mass is 32.1. The lowest BCUT2D eigenvalue weighted by atomic mass is 9.90. The van der Waals surface area contributed by atoms with Gasteiger partial charge in [-0.05, 0) is 59.7 Å². The fourth-order valence-electron chi connectivity index (χ4n) is 4.45. The maximum Gasteiger partial charge on any atom is 0.248 e. The van der Waals surface area contributed by atoms with Crippen LogP contribution in [-0.2, 0) is 6.54 Å². The Bertz CT molecular complexity index is 1230. The summed E-state index contributed by atoms with van der Waals surface area (Å²) in [6.45, 7) is 5.40. The third-order valence-electron chi connectivity index (χ3n) is 6.50. The number of carbonyl (C=O) groups is 1. The van der Waals surface area contributed by atoms with Crippen LogP contribution in [0.15, 0.2) is 90.3 Å². The molecule has 6 heteroatoms. The molecule has 0 aliphatic rings. The molecular formula is C31H34N2O3S. The number of thiophene rings is 1. The van der Waals surface area contributed by atoms with Crippen molar-refractivity contribution < 1.29 is 14.3 Å². The van der Waals surface area contributed by atoms with Crippen molar-refractivity contribution in [3.8, 4) is 11.5 Å². The molecule has 0 spiro atoms. The average Bonchev–Trinajstić information content (AvgIpc) is 3.34. The van der Waals surface area contributed by atoms with Gasteiger partial charge in [0.2, 0.25) is 5.91 Å². The maximum atomic E-state index is 11.5. The predicted octanol–water partition coefficient (Wildman–Crippen LogP) is 6.27. The summed E-state index contributed by atoms with van der Waals surface area (Å²) in [4.78, 5) is 15.4. The van der Waals surface area contributed by atoms with Crippen molar-refractivity contribution in [2.45, 2.75) is 25.8 Å². The van der Waals surface area contributed by atoms with Crippen molar-refractivity contribution in [2.24, 2.45) is 5.73 Å². The lowest BCUT2D eigenvalue weighted by molar-refractivity contribution is 0.1000. The second-order valence-corrected chi connectivity index (χ2v) is 10.1. The summed E-state index contributed by atoms with van der Waals surface area (Å²) in [5.41, 5.74) is 9.76. The van der Waals surface area contributed by atoms with E-state index in [2.05, 4.69) is 83.9 Å². The molecular weight excluding hydrogens is 480 g/mol. The number of hydrogen-bond donors (Lipinski definition) is 1. The fourth-order valence-corrected chi connectivity index (χ4v) is 5.39. The molecule has 0 saturated heterocycles. The molecule has 1 amide bonds. The van der Waals surface area contributed by atoms with E-state index in [1.165, 1.54) is 21.6 Å². The molecule has 2 N–H and O–H groups in total. The summed E-state index contributed by atoms with van der Waals surface area (Å²) in [6.07, 6.45) is 0.849. The summed E-state index contributed by atoms with van der Waals surface area (Å²) in [6, 6.07) is 28.7. The van der Waals surface area contributed by atoms with Gasteiger partial charge in [0.05, 0.1) is 13.7 Å². The SMILES string of the molecule is COc1cc(C(N)=O)ccc1OCCCN(Cc1sccc1C)CC(c1ccccc1)c1ccccc1. The molecule has 192 valence electrons. The number of amides is 1. The predicted molar refractivity (Wildman–Crippen MR) is 151 cm³/mol. The van der Waals surface area contributed by atoms with E-state index in [0.717, 1.165) is 26.1 Å². The minimum absolute atomic E-state index is 0.269. The number of nitrogens with two attached hydrogens (primary N) is 1. The minimum Gasteiger partial charge on any atom is -0.493 e. The second-order valence-electron chi connectivity index (χ2n) is 9.07. The Hall–Kier alpha value is -3.61. The van der Waals surface area contributed by atoms with Crippen LogP contribution in [0.1, 0.15) is 44.3 Å². The number of hydrogen-bond acceptors (Lipinski definition) is 5. The van der Waals surface area contributed by atoms with Crippen LogP contribution in [0.25, 0.3) is 0 Å². The van der Waals surface area contributed by atoms with Crippen molar-refractivity contribution in [2.75, 3.05) is 26.8 Å². The van der Waals surface area contributed by atoms with E-state index < -0.39 is 5.91 Å². The lowest BCUT2D eigenvalue weighted by Crippen LogP contribution is -2.30. The number of carbonyl (C=O) groups excluding carboxylic acids is 1. The summed E-state index contributed by atoms with van der Waals surface area (Å²) in [7, 11) is 1.56. The number of benzene rings is 3. The van der Waals surface area contributed by atoms with E-state index in [1.807, 2.05) is 11.3 Å². The van der Waals surface area contributed by atoms with E-state index in [4.69, 9.17) is 15.2 Å². The molecule has 0 saturated carbocycles. The van der Waals surface area contributed by atoms with Crippen LogP contribution in [0.2, 0.25) is 0 Å². The Morgan fingerprint density at radius 1 is 0.946 bits per heavy atom. The normalized spacial score (nSPS) is 11.1. The number of primary amides is 1. The third-order valence-corrected chi connectivity index (χ3v) is 7.51. The van der Waals surface area contributed by atoms with Gasteiger partial charge in [0.15, 0.2) is 11.5 Å². The first-order valence-electron chi connectivity index (χ1n) is 12.5. The van der Waals surface area contributed by atoms with Gasteiger partial charge in [-0.2, -0.15) is 0 Å². The maximum absolute atomic E-state index is 11.5. The first-order chi connectivity index (χ1) is 18.0. The van der Waals surface area contributed by atoms with Crippen LogP contribution >= 0.6 is 11.3 Å². The molecule has 0 unspecified atom stereocenters. The van der Waals surface area contributed by atoms with Crippen LogP contribution in [0, 0.1) is 6.92 Å². The summed E-state index contributed by atoms with van der Waals surface area (Å²) < 4.78 is 11.5. The topological polar surface area (TPSA) is 64.8 Å². The molecule has 1 aromatic heterocycles. The van der Waals surface area contributed by atoms with E-state index in [1.54, 1.807) is 25.3 Å². The zero-order valence-electron chi connectivity index (χ0n) is 21.4. The summed E-state index contributed by atoms with van der Waals surface area (Å²) in [5, 5.41) is 2.17. The molecule has 4 aromatic rings. The van der Waals surface area contributed by atoms with Crippen LogP contribution in [-0.4, -0.2) is 37.6 Å². The lowest BCUT2D eigenvalue weighted by Gasteiger charge is -2.28. The first-order valence-corrected chi connectivity index (χ1v) is 13.4. The molecule has 0 atom stereocenters. The van der Waals surface area contributed by atoms with Crippen LogP contribution in [0.4, 0.5) is 0 Å². The number of ether oxygens (including phenoxy) is 2. The Labute approximate surface area is 223 Å². The first kappa shape index (κ1) is 26.5. The van der Waals surface area contributed by atoms with E-state index in [0.29, 0.717) is 23.7 Å². The van der Waals surface area contributed by atoms with Gasteiger partial charge in [0, 0.05) is 36.0 Å².